The first-order chi connectivity index (χ1) is 15.6. The molecule has 1 amide bonds. The fraction of sp³-hybridized carbons (Fsp3) is 0.269. The van der Waals surface area contributed by atoms with Crippen LogP contribution in [-0.2, 0) is 17.6 Å². The zero-order valence-electron chi connectivity index (χ0n) is 17.8. The maximum Gasteiger partial charge on any atom is 0.237 e. The number of nitrogens with zero attached hydrogens (tertiary/aromatic N) is 2. The van der Waals surface area contributed by atoms with Gasteiger partial charge in [-0.2, -0.15) is 5.26 Å². The average molecular weight is 446 g/mol. The molecule has 1 heterocycles. The third-order valence-corrected chi connectivity index (χ3v) is 7.14. The molecule has 0 spiro atoms. The lowest BCUT2D eigenvalue weighted by atomic mass is 9.82. The van der Waals surface area contributed by atoms with Gasteiger partial charge in [-0.05, 0) is 73.1 Å². The minimum atomic E-state index is -0.404. The first-order valence-corrected chi connectivity index (χ1v) is 11.7. The molecule has 1 aromatic heterocycles. The largest absolute Gasteiger partial charge is 0.325 e. The zero-order valence-corrected chi connectivity index (χ0v) is 18.7. The Hall–Kier alpha value is -3.17. The van der Waals surface area contributed by atoms with Gasteiger partial charge in [-0.3, -0.25) is 4.79 Å². The van der Waals surface area contributed by atoms with Gasteiger partial charge in [0.05, 0.1) is 10.8 Å². The van der Waals surface area contributed by atoms with E-state index in [1.54, 1.807) is 0 Å². The minimum Gasteiger partial charge on any atom is -0.325 e. The molecule has 32 heavy (non-hydrogen) atoms. The Kier molecular flexibility index (Phi) is 6.87. The van der Waals surface area contributed by atoms with Crippen LogP contribution in [0.3, 0.4) is 0 Å². The number of halogens is 1. The van der Waals surface area contributed by atoms with E-state index in [1.165, 1.54) is 41.6 Å². The molecule has 0 radical (unpaired) electrons. The van der Waals surface area contributed by atoms with Gasteiger partial charge in [-0.1, -0.05) is 49.0 Å². The monoisotopic (exact) mass is 445 g/mol. The van der Waals surface area contributed by atoms with E-state index in [0.29, 0.717) is 28.6 Å². The normalized spacial score (nSPS) is 16.0. The van der Waals surface area contributed by atoms with Gasteiger partial charge in [0.1, 0.15) is 16.9 Å². The molecule has 0 aliphatic heterocycles. The molecule has 3 aromatic rings. The summed E-state index contributed by atoms with van der Waals surface area (Å²) in [7, 11) is 0. The number of nitriles is 1. The van der Waals surface area contributed by atoms with Crippen molar-refractivity contribution in [3.8, 4) is 6.07 Å². The van der Waals surface area contributed by atoms with Crippen LogP contribution in [0.4, 0.5) is 10.1 Å². The lowest BCUT2D eigenvalue weighted by Crippen LogP contribution is -2.25. The lowest BCUT2D eigenvalue weighted by Gasteiger charge is -2.25. The number of benzene rings is 2. The van der Waals surface area contributed by atoms with Gasteiger partial charge >= 0.3 is 0 Å². The molecule has 6 heteroatoms. The van der Waals surface area contributed by atoms with E-state index >= 15 is 0 Å². The molecule has 162 valence electrons. The standard InChI is InChI=1S/C26H24FN3OS/c1-2-24(25(31)29-22-11-9-21(27)10-12-22)32-26-20(16-28)15-19-14-18(8-13-23(19)30-26)17-6-4-3-5-7-17/h3-7,9-12,15,18,24H,2,8,13-14H2,1H3,(H,29,31). The van der Waals surface area contributed by atoms with Crippen LogP contribution in [0.15, 0.2) is 65.7 Å². The average Bonchev–Trinajstić information content (AvgIpc) is 2.83. The molecule has 1 aliphatic carbocycles. The van der Waals surface area contributed by atoms with Crippen LogP contribution < -0.4 is 5.32 Å². The zero-order chi connectivity index (χ0) is 22.5. The number of anilines is 1. The van der Waals surface area contributed by atoms with Gasteiger partial charge in [0.25, 0.3) is 0 Å². The van der Waals surface area contributed by atoms with Gasteiger partial charge in [-0.15, -0.1) is 0 Å². The maximum absolute atomic E-state index is 13.1. The molecular weight excluding hydrogens is 421 g/mol. The van der Waals surface area contributed by atoms with Crippen molar-refractivity contribution in [2.75, 3.05) is 5.32 Å². The van der Waals surface area contributed by atoms with E-state index < -0.39 is 5.25 Å². The smallest absolute Gasteiger partial charge is 0.237 e. The summed E-state index contributed by atoms with van der Waals surface area (Å²) in [6.45, 7) is 1.93. The molecule has 0 fully saturated rings. The molecule has 0 bridgehead atoms. The Labute approximate surface area is 191 Å². The lowest BCUT2D eigenvalue weighted by molar-refractivity contribution is -0.115. The quantitative estimate of drug-likeness (QED) is 0.482. The maximum atomic E-state index is 13.1. The predicted molar refractivity (Wildman–Crippen MR) is 125 cm³/mol. The van der Waals surface area contributed by atoms with Crippen LogP contribution in [0.25, 0.3) is 0 Å². The van der Waals surface area contributed by atoms with E-state index in [2.05, 4.69) is 35.7 Å². The second kappa shape index (κ2) is 9.97. The number of amides is 1. The Morgan fingerprint density at radius 3 is 2.69 bits per heavy atom. The third-order valence-electron chi connectivity index (χ3n) is 5.77. The summed E-state index contributed by atoms with van der Waals surface area (Å²) in [6, 6.07) is 20.4. The van der Waals surface area contributed by atoms with Crippen molar-refractivity contribution in [1.29, 1.82) is 5.26 Å². The molecule has 0 saturated carbocycles. The van der Waals surface area contributed by atoms with E-state index in [0.717, 1.165) is 30.5 Å². The van der Waals surface area contributed by atoms with Crippen LogP contribution in [0.1, 0.15) is 48.1 Å². The van der Waals surface area contributed by atoms with Crippen molar-refractivity contribution in [3.05, 3.63) is 88.9 Å². The number of aromatic nitrogens is 1. The first kappa shape index (κ1) is 22.0. The highest BCUT2D eigenvalue weighted by molar-refractivity contribution is 8.00. The predicted octanol–water partition coefficient (Wildman–Crippen LogP) is 5.87. The number of hydrogen-bond acceptors (Lipinski definition) is 4. The van der Waals surface area contributed by atoms with E-state index in [9.17, 15) is 14.4 Å². The van der Waals surface area contributed by atoms with Gasteiger partial charge < -0.3 is 5.32 Å². The SMILES string of the molecule is CCC(Sc1nc2c(cc1C#N)CC(c1ccccc1)CC2)C(=O)Nc1ccc(F)cc1. The topological polar surface area (TPSA) is 65.8 Å². The number of aryl methyl sites for hydroxylation is 1. The Morgan fingerprint density at radius 2 is 2.00 bits per heavy atom. The summed E-state index contributed by atoms with van der Waals surface area (Å²) in [6.07, 6.45) is 3.32. The highest BCUT2D eigenvalue weighted by Crippen LogP contribution is 2.35. The Balaban J connectivity index is 1.51. The highest BCUT2D eigenvalue weighted by atomic mass is 32.2. The fourth-order valence-electron chi connectivity index (χ4n) is 4.04. The summed E-state index contributed by atoms with van der Waals surface area (Å²) in [5.41, 5.74) is 4.51. The van der Waals surface area contributed by atoms with Gasteiger partial charge in [0.2, 0.25) is 5.91 Å². The summed E-state index contributed by atoms with van der Waals surface area (Å²) in [4.78, 5) is 17.6. The van der Waals surface area contributed by atoms with E-state index in [1.807, 2.05) is 19.1 Å². The van der Waals surface area contributed by atoms with Crippen LogP contribution >= 0.6 is 11.8 Å². The van der Waals surface area contributed by atoms with Crippen molar-refractivity contribution in [2.24, 2.45) is 0 Å². The summed E-state index contributed by atoms with van der Waals surface area (Å²) in [5, 5.41) is 12.8. The third kappa shape index (κ3) is 5.00. The fourth-order valence-corrected chi connectivity index (χ4v) is 5.03. The van der Waals surface area contributed by atoms with Crippen LogP contribution in [-0.4, -0.2) is 16.1 Å². The number of fused-ring (bicyclic) bond motifs is 1. The van der Waals surface area contributed by atoms with Crippen LogP contribution in [0.5, 0.6) is 0 Å². The second-order valence-corrected chi connectivity index (χ2v) is 9.11. The summed E-state index contributed by atoms with van der Waals surface area (Å²) < 4.78 is 13.1. The molecule has 2 unspecified atom stereocenters. The number of thioether (sulfide) groups is 1. The number of nitrogens with one attached hydrogen (secondary N) is 1. The molecular formula is C26H24FN3OS. The van der Waals surface area contributed by atoms with Crippen molar-refractivity contribution in [2.45, 2.75) is 48.8 Å². The van der Waals surface area contributed by atoms with Crippen LogP contribution in [0, 0.1) is 17.1 Å². The molecule has 4 rings (SSSR count). The molecule has 0 saturated heterocycles. The number of carbonyl (C=O) groups excluding carboxylic acids is 1. The molecule has 1 aliphatic rings. The van der Waals surface area contributed by atoms with E-state index in [4.69, 9.17) is 4.98 Å². The van der Waals surface area contributed by atoms with Gasteiger partial charge in [-0.25, -0.2) is 9.37 Å². The van der Waals surface area contributed by atoms with Crippen LogP contribution in [0.2, 0.25) is 0 Å². The number of pyridine rings is 1. The number of hydrogen-bond donors (Lipinski definition) is 1. The molecule has 2 aromatic carbocycles. The Bertz CT molecular complexity index is 1140. The summed E-state index contributed by atoms with van der Waals surface area (Å²) >= 11 is 1.32. The molecule has 1 N–H and O–H groups in total. The van der Waals surface area contributed by atoms with Gasteiger partial charge in [0, 0.05) is 11.4 Å². The number of rotatable bonds is 6. The van der Waals surface area contributed by atoms with Gasteiger partial charge in [0.15, 0.2) is 0 Å². The summed E-state index contributed by atoms with van der Waals surface area (Å²) in [5.74, 6) is -0.104. The molecule has 4 nitrogen and oxygen atoms in total. The second-order valence-electron chi connectivity index (χ2n) is 7.92. The Morgan fingerprint density at radius 1 is 1.25 bits per heavy atom. The molecule has 2 atom stereocenters. The van der Waals surface area contributed by atoms with Crippen molar-refractivity contribution >= 4 is 23.4 Å². The highest BCUT2D eigenvalue weighted by Gasteiger charge is 2.25. The van der Waals surface area contributed by atoms with Crippen molar-refractivity contribution in [3.63, 3.8) is 0 Å². The van der Waals surface area contributed by atoms with Crippen molar-refractivity contribution < 1.29 is 9.18 Å². The van der Waals surface area contributed by atoms with Crippen molar-refractivity contribution in [1.82, 2.24) is 4.98 Å². The number of carbonyl (C=O) groups is 1. The minimum absolute atomic E-state index is 0.184. The van der Waals surface area contributed by atoms with E-state index in [-0.39, 0.29) is 11.7 Å². The first-order valence-electron chi connectivity index (χ1n) is 10.8.